The molecular formula is C12H12BrFN2. The van der Waals surface area contributed by atoms with Crippen molar-refractivity contribution in [1.82, 2.24) is 9.55 Å². The van der Waals surface area contributed by atoms with Crippen LogP contribution in [0.1, 0.15) is 11.3 Å². The minimum absolute atomic E-state index is 0.144. The average molecular weight is 283 g/mol. The minimum atomic E-state index is -0.144. The second-order valence-electron chi connectivity index (χ2n) is 3.68. The van der Waals surface area contributed by atoms with E-state index in [4.69, 9.17) is 0 Å². The number of halogens is 2. The summed E-state index contributed by atoms with van der Waals surface area (Å²) < 4.78 is 16.2. The van der Waals surface area contributed by atoms with Gasteiger partial charge in [-0.2, -0.15) is 0 Å². The lowest BCUT2D eigenvalue weighted by molar-refractivity contribution is 0.608. The Morgan fingerprint density at radius 1 is 1.31 bits per heavy atom. The van der Waals surface area contributed by atoms with E-state index in [0.717, 1.165) is 22.3 Å². The molecule has 1 heterocycles. The molecule has 1 aromatic carbocycles. The third-order valence-electron chi connectivity index (χ3n) is 2.52. The Kier molecular flexibility index (Phi) is 3.39. The molecule has 0 spiro atoms. The molecule has 0 N–H and O–H groups in total. The average Bonchev–Trinajstić information content (AvgIpc) is 2.59. The number of aryl methyl sites for hydroxylation is 3. The third-order valence-corrected chi connectivity index (χ3v) is 3.54. The molecule has 0 aliphatic carbocycles. The van der Waals surface area contributed by atoms with Gasteiger partial charge in [-0.3, -0.25) is 0 Å². The Morgan fingerprint density at radius 3 is 2.69 bits per heavy atom. The zero-order valence-electron chi connectivity index (χ0n) is 8.95. The molecule has 4 heteroatoms. The Balaban J connectivity index is 2.08. The summed E-state index contributed by atoms with van der Waals surface area (Å²) in [6, 6.07) is 6.86. The smallest absolute Gasteiger partial charge is 0.126 e. The Hall–Kier alpha value is -1.16. The summed E-state index contributed by atoms with van der Waals surface area (Å²) in [5.41, 5.74) is 1.70. The summed E-state index contributed by atoms with van der Waals surface area (Å²) in [4.78, 5) is 4.25. The molecule has 0 radical (unpaired) electrons. The van der Waals surface area contributed by atoms with Crippen LogP contribution in [0.25, 0.3) is 0 Å². The first-order valence-corrected chi connectivity index (χ1v) is 5.87. The zero-order valence-corrected chi connectivity index (χ0v) is 10.5. The number of nitrogens with zero attached hydrogens (tertiary/aromatic N) is 2. The van der Waals surface area contributed by atoms with Crippen molar-refractivity contribution in [2.75, 3.05) is 0 Å². The van der Waals surface area contributed by atoms with Crippen LogP contribution in [0.2, 0.25) is 0 Å². The van der Waals surface area contributed by atoms with Crippen LogP contribution >= 0.6 is 15.9 Å². The van der Waals surface area contributed by atoms with E-state index in [1.165, 1.54) is 6.07 Å². The predicted molar refractivity (Wildman–Crippen MR) is 64.7 cm³/mol. The number of benzene rings is 1. The second kappa shape index (κ2) is 4.78. The first kappa shape index (κ1) is 11.3. The summed E-state index contributed by atoms with van der Waals surface area (Å²) in [5.74, 6) is -0.144. The standard InChI is InChI=1S/C12H12BrFN2/c1-16-8-15-11(12(16)13)7-6-9-4-2-3-5-10(9)14/h2-5,8H,6-7H2,1H3. The van der Waals surface area contributed by atoms with Crippen LogP contribution in [0.3, 0.4) is 0 Å². The monoisotopic (exact) mass is 282 g/mol. The number of aromatic nitrogens is 2. The van der Waals surface area contributed by atoms with Gasteiger partial charge in [-0.1, -0.05) is 18.2 Å². The van der Waals surface area contributed by atoms with Crippen LogP contribution in [0.15, 0.2) is 35.2 Å². The maximum Gasteiger partial charge on any atom is 0.126 e. The van der Waals surface area contributed by atoms with Gasteiger partial charge in [0.1, 0.15) is 10.4 Å². The van der Waals surface area contributed by atoms with E-state index in [-0.39, 0.29) is 5.82 Å². The van der Waals surface area contributed by atoms with E-state index in [1.807, 2.05) is 23.7 Å². The summed E-state index contributed by atoms with van der Waals surface area (Å²) in [7, 11) is 1.92. The van der Waals surface area contributed by atoms with Gasteiger partial charge in [0.25, 0.3) is 0 Å². The van der Waals surface area contributed by atoms with Gasteiger partial charge < -0.3 is 4.57 Å². The van der Waals surface area contributed by atoms with Gasteiger partial charge in [0.05, 0.1) is 12.0 Å². The van der Waals surface area contributed by atoms with Crippen LogP contribution < -0.4 is 0 Å². The van der Waals surface area contributed by atoms with Gasteiger partial charge in [0, 0.05) is 7.05 Å². The highest BCUT2D eigenvalue weighted by Crippen LogP contribution is 2.17. The number of hydrogen-bond donors (Lipinski definition) is 0. The van der Waals surface area contributed by atoms with Gasteiger partial charge >= 0.3 is 0 Å². The molecule has 1 aromatic heterocycles. The highest BCUT2D eigenvalue weighted by molar-refractivity contribution is 9.10. The van der Waals surface area contributed by atoms with E-state index in [9.17, 15) is 4.39 Å². The van der Waals surface area contributed by atoms with E-state index in [0.29, 0.717) is 6.42 Å². The highest BCUT2D eigenvalue weighted by atomic mass is 79.9. The Bertz CT molecular complexity index is 494. The van der Waals surface area contributed by atoms with Crippen molar-refractivity contribution in [2.45, 2.75) is 12.8 Å². The molecular weight excluding hydrogens is 271 g/mol. The van der Waals surface area contributed by atoms with E-state index in [1.54, 1.807) is 12.4 Å². The maximum absolute atomic E-state index is 13.4. The summed E-state index contributed by atoms with van der Waals surface area (Å²) in [5, 5.41) is 0. The highest BCUT2D eigenvalue weighted by Gasteiger charge is 2.07. The molecule has 0 atom stereocenters. The lowest BCUT2D eigenvalue weighted by Gasteiger charge is -2.02. The number of hydrogen-bond acceptors (Lipinski definition) is 1. The molecule has 0 aliphatic rings. The molecule has 0 aliphatic heterocycles. The van der Waals surface area contributed by atoms with E-state index >= 15 is 0 Å². The molecule has 0 fully saturated rings. The summed E-state index contributed by atoms with van der Waals surface area (Å²) in [6.45, 7) is 0. The fourth-order valence-corrected chi connectivity index (χ4v) is 1.98. The van der Waals surface area contributed by atoms with Gasteiger partial charge in [-0.25, -0.2) is 9.37 Å². The molecule has 0 saturated heterocycles. The Morgan fingerprint density at radius 2 is 2.06 bits per heavy atom. The van der Waals surface area contributed by atoms with Crippen molar-refractivity contribution >= 4 is 15.9 Å². The van der Waals surface area contributed by atoms with Crippen molar-refractivity contribution in [2.24, 2.45) is 7.05 Å². The quantitative estimate of drug-likeness (QED) is 0.846. The molecule has 0 amide bonds. The number of imidazole rings is 1. The van der Waals surface area contributed by atoms with Gasteiger partial charge in [0.15, 0.2) is 0 Å². The topological polar surface area (TPSA) is 17.8 Å². The van der Waals surface area contributed by atoms with E-state index in [2.05, 4.69) is 20.9 Å². The lowest BCUT2D eigenvalue weighted by atomic mass is 10.1. The normalized spacial score (nSPS) is 10.7. The van der Waals surface area contributed by atoms with E-state index < -0.39 is 0 Å². The molecule has 16 heavy (non-hydrogen) atoms. The third kappa shape index (κ3) is 2.32. The van der Waals surface area contributed by atoms with Crippen LogP contribution in [0.4, 0.5) is 4.39 Å². The first-order valence-electron chi connectivity index (χ1n) is 5.07. The largest absolute Gasteiger partial charge is 0.328 e. The van der Waals surface area contributed by atoms with Crippen LogP contribution in [-0.2, 0) is 19.9 Å². The molecule has 0 unspecified atom stereocenters. The fraction of sp³-hybridized carbons (Fsp3) is 0.250. The van der Waals surface area contributed by atoms with Crippen LogP contribution in [0.5, 0.6) is 0 Å². The van der Waals surface area contributed by atoms with Gasteiger partial charge in [0.2, 0.25) is 0 Å². The SMILES string of the molecule is Cn1cnc(CCc2ccccc2F)c1Br. The summed E-state index contributed by atoms with van der Waals surface area (Å²) in [6.07, 6.45) is 3.16. The van der Waals surface area contributed by atoms with Crippen LogP contribution in [0, 0.1) is 5.82 Å². The van der Waals surface area contributed by atoms with Crippen LogP contribution in [-0.4, -0.2) is 9.55 Å². The predicted octanol–water partition coefficient (Wildman–Crippen LogP) is 3.11. The minimum Gasteiger partial charge on any atom is -0.328 e. The molecule has 2 aromatic rings. The van der Waals surface area contributed by atoms with Gasteiger partial charge in [-0.15, -0.1) is 0 Å². The summed E-state index contributed by atoms with van der Waals surface area (Å²) >= 11 is 3.45. The maximum atomic E-state index is 13.4. The van der Waals surface area contributed by atoms with Crippen molar-refractivity contribution < 1.29 is 4.39 Å². The fourth-order valence-electron chi connectivity index (χ4n) is 1.59. The lowest BCUT2D eigenvalue weighted by Crippen LogP contribution is -1.96. The molecule has 84 valence electrons. The van der Waals surface area contributed by atoms with Crippen molar-refractivity contribution in [3.8, 4) is 0 Å². The van der Waals surface area contributed by atoms with Gasteiger partial charge in [-0.05, 0) is 40.4 Å². The molecule has 2 rings (SSSR count). The van der Waals surface area contributed by atoms with Crippen molar-refractivity contribution in [3.05, 3.63) is 52.3 Å². The zero-order chi connectivity index (χ0) is 11.5. The first-order chi connectivity index (χ1) is 7.68. The number of rotatable bonds is 3. The molecule has 0 saturated carbocycles. The second-order valence-corrected chi connectivity index (χ2v) is 4.44. The van der Waals surface area contributed by atoms with Crippen molar-refractivity contribution in [1.29, 1.82) is 0 Å². The van der Waals surface area contributed by atoms with Crippen molar-refractivity contribution in [3.63, 3.8) is 0 Å². The molecule has 0 bridgehead atoms. The molecule has 2 nitrogen and oxygen atoms in total. The Labute approximate surface area is 102 Å².